The van der Waals surface area contributed by atoms with E-state index in [2.05, 4.69) is 15.1 Å². The van der Waals surface area contributed by atoms with Crippen LogP contribution in [0.5, 0.6) is 11.6 Å². The third kappa shape index (κ3) is 2.86. The lowest BCUT2D eigenvalue weighted by Gasteiger charge is -2.09. The molecule has 22 heavy (non-hydrogen) atoms. The van der Waals surface area contributed by atoms with Gasteiger partial charge in [-0.1, -0.05) is 0 Å². The fourth-order valence-corrected chi connectivity index (χ4v) is 4.17. The van der Waals surface area contributed by atoms with Crippen LogP contribution in [0.2, 0.25) is 0 Å². The van der Waals surface area contributed by atoms with Gasteiger partial charge in [-0.2, -0.15) is 0 Å². The summed E-state index contributed by atoms with van der Waals surface area (Å²) in [6.45, 7) is 0. The zero-order valence-electron chi connectivity index (χ0n) is 11.4. The van der Waals surface area contributed by atoms with Crippen molar-refractivity contribution in [3.63, 3.8) is 0 Å². The van der Waals surface area contributed by atoms with Crippen molar-refractivity contribution in [2.24, 2.45) is 5.18 Å². The average molecular weight is 339 g/mol. The van der Waals surface area contributed by atoms with Gasteiger partial charge in [0.1, 0.15) is 12.0 Å². The summed E-state index contributed by atoms with van der Waals surface area (Å²) in [6, 6.07) is 3.65. The van der Waals surface area contributed by atoms with Crippen molar-refractivity contribution in [3.8, 4) is 11.6 Å². The van der Waals surface area contributed by atoms with Gasteiger partial charge in [0.2, 0.25) is 5.88 Å². The van der Waals surface area contributed by atoms with Crippen LogP contribution in [0.3, 0.4) is 0 Å². The summed E-state index contributed by atoms with van der Waals surface area (Å²) in [5, 5.41) is 2.66. The van der Waals surface area contributed by atoms with Gasteiger partial charge >= 0.3 is 0 Å². The normalized spacial score (nSPS) is 17.8. The molecule has 0 amide bonds. The third-order valence-corrected chi connectivity index (χ3v) is 6.14. The molecule has 0 radical (unpaired) electrons. The predicted molar refractivity (Wildman–Crippen MR) is 81.4 cm³/mol. The molecule has 3 rings (SSSR count). The number of benzene rings is 1. The number of rotatable bonds is 4. The minimum atomic E-state index is -1.01. The first-order valence-electron chi connectivity index (χ1n) is 6.22. The first kappa shape index (κ1) is 15.0. The Morgan fingerprint density at radius 1 is 1.45 bits per heavy atom. The lowest BCUT2D eigenvalue weighted by Crippen LogP contribution is -2.07. The van der Waals surface area contributed by atoms with Crippen LogP contribution in [0, 0.1) is 10.7 Å². The van der Waals surface area contributed by atoms with Crippen molar-refractivity contribution >= 4 is 28.2 Å². The molecule has 0 saturated heterocycles. The van der Waals surface area contributed by atoms with Crippen LogP contribution < -0.4 is 4.74 Å². The molecule has 0 aliphatic carbocycles. The van der Waals surface area contributed by atoms with E-state index in [1.165, 1.54) is 30.2 Å². The molecule has 2 aromatic rings. The molecule has 1 aromatic heterocycles. The summed E-state index contributed by atoms with van der Waals surface area (Å²) >= 11 is 1.36. The average Bonchev–Trinajstić information content (AvgIpc) is 2.94. The Hall–Kier alpha value is -1.87. The Balaban J connectivity index is 1.91. The van der Waals surface area contributed by atoms with E-state index in [9.17, 15) is 13.5 Å². The molecule has 9 heteroatoms. The summed E-state index contributed by atoms with van der Waals surface area (Å²) in [4.78, 5) is 19.2. The monoisotopic (exact) mass is 339 g/mol. The molecule has 0 saturated carbocycles. The van der Waals surface area contributed by atoms with E-state index in [1.54, 1.807) is 6.26 Å². The number of halogens is 1. The van der Waals surface area contributed by atoms with Crippen molar-refractivity contribution in [1.29, 1.82) is 0 Å². The van der Waals surface area contributed by atoms with Gasteiger partial charge in [-0.15, -0.1) is 16.7 Å². The third-order valence-electron chi connectivity index (χ3n) is 3.05. The minimum Gasteiger partial charge on any atom is -0.435 e. The summed E-state index contributed by atoms with van der Waals surface area (Å²) in [5.74, 6) is -0.549. The molecule has 1 aromatic carbocycles. The Labute approximate surface area is 131 Å². The number of aromatic nitrogens is 2. The topological polar surface area (TPSA) is 81.5 Å². The number of thioether (sulfide) groups is 1. The van der Waals surface area contributed by atoms with Gasteiger partial charge in [0.05, 0.1) is 15.2 Å². The first-order valence-corrected chi connectivity index (χ1v) is 8.72. The highest BCUT2D eigenvalue weighted by atomic mass is 32.2. The molecule has 1 aliphatic heterocycles. The standard InChI is InChI=1S/C13H10FN3O3S2/c1-22(19)11-5-9-12(21-11)13(16-6-15-9)20-10-3-2-7(17-18)4-8(10)14/h2-4,6,11H,5H2,1H3. The second-order valence-corrected chi connectivity index (χ2v) is 7.59. The van der Waals surface area contributed by atoms with E-state index in [4.69, 9.17) is 4.74 Å². The zero-order valence-corrected chi connectivity index (χ0v) is 13.0. The maximum atomic E-state index is 13.9. The molecule has 2 unspecified atom stereocenters. The number of hydrogen-bond donors (Lipinski definition) is 0. The number of fused-ring (bicyclic) bond motifs is 1. The van der Waals surface area contributed by atoms with Gasteiger partial charge in [0.25, 0.3) is 0 Å². The molecule has 2 heterocycles. The van der Waals surface area contributed by atoms with E-state index >= 15 is 0 Å². The Bertz CT molecular complexity index is 772. The summed E-state index contributed by atoms with van der Waals surface area (Å²) in [6.07, 6.45) is 3.51. The van der Waals surface area contributed by atoms with Crippen LogP contribution >= 0.6 is 11.8 Å². The van der Waals surface area contributed by atoms with Crippen LogP contribution in [-0.2, 0) is 17.2 Å². The van der Waals surface area contributed by atoms with Gasteiger partial charge in [0, 0.05) is 29.5 Å². The maximum Gasteiger partial charge on any atom is 0.236 e. The van der Waals surface area contributed by atoms with Gasteiger partial charge in [-0.05, 0) is 17.3 Å². The molecular formula is C13H10FN3O3S2. The zero-order chi connectivity index (χ0) is 15.7. The highest BCUT2D eigenvalue weighted by Crippen LogP contribution is 2.43. The number of hydrogen-bond acceptors (Lipinski definition) is 7. The Morgan fingerprint density at radius 2 is 2.27 bits per heavy atom. The first-order chi connectivity index (χ1) is 10.6. The molecule has 114 valence electrons. The molecule has 1 aliphatic rings. The van der Waals surface area contributed by atoms with Crippen molar-refractivity contribution in [1.82, 2.24) is 9.97 Å². The highest BCUT2D eigenvalue weighted by Gasteiger charge is 2.30. The van der Waals surface area contributed by atoms with Gasteiger partial charge < -0.3 is 4.74 Å². The number of nitroso groups, excluding NO2 is 1. The van der Waals surface area contributed by atoms with Crippen molar-refractivity contribution < 1.29 is 13.3 Å². The number of nitrogens with zero attached hydrogens (tertiary/aromatic N) is 3. The second-order valence-electron chi connectivity index (χ2n) is 4.51. The van der Waals surface area contributed by atoms with E-state index in [-0.39, 0.29) is 21.9 Å². The fraction of sp³-hybridized carbons (Fsp3) is 0.231. The van der Waals surface area contributed by atoms with E-state index in [1.807, 2.05) is 0 Å². The van der Waals surface area contributed by atoms with Crippen molar-refractivity contribution in [2.45, 2.75) is 15.9 Å². The van der Waals surface area contributed by atoms with Crippen LogP contribution in [-0.4, -0.2) is 25.0 Å². The summed E-state index contributed by atoms with van der Waals surface area (Å²) in [5.41, 5.74) is 0.718. The quantitative estimate of drug-likeness (QED) is 0.796. The van der Waals surface area contributed by atoms with E-state index in [0.29, 0.717) is 11.3 Å². The smallest absolute Gasteiger partial charge is 0.236 e. The molecule has 0 spiro atoms. The van der Waals surface area contributed by atoms with Crippen LogP contribution in [0.25, 0.3) is 0 Å². The van der Waals surface area contributed by atoms with Gasteiger partial charge in [0.15, 0.2) is 11.6 Å². The largest absolute Gasteiger partial charge is 0.435 e. The van der Waals surface area contributed by atoms with Gasteiger partial charge in [-0.3, -0.25) is 4.21 Å². The SMILES string of the molecule is CS(=O)C1Cc2ncnc(Oc3ccc(N=O)cc3F)c2S1. The van der Waals surface area contributed by atoms with Crippen LogP contribution in [0.15, 0.2) is 34.6 Å². The second kappa shape index (κ2) is 6.09. The lowest BCUT2D eigenvalue weighted by atomic mass is 10.3. The van der Waals surface area contributed by atoms with Crippen LogP contribution in [0.4, 0.5) is 10.1 Å². The minimum absolute atomic E-state index is 0.0198. The molecule has 0 bridgehead atoms. The van der Waals surface area contributed by atoms with Crippen LogP contribution in [0.1, 0.15) is 5.69 Å². The molecule has 6 nitrogen and oxygen atoms in total. The van der Waals surface area contributed by atoms with Crippen molar-refractivity contribution in [2.75, 3.05) is 6.26 Å². The van der Waals surface area contributed by atoms with Crippen molar-refractivity contribution in [3.05, 3.63) is 40.9 Å². The fourth-order valence-electron chi connectivity index (χ4n) is 1.98. The summed E-state index contributed by atoms with van der Waals surface area (Å²) < 4.78 is 30.8. The molecular weight excluding hydrogens is 329 g/mol. The number of ether oxygens (including phenoxy) is 1. The lowest BCUT2D eigenvalue weighted by molar-refractivity contribution is 0.415. The molecule has 2 atom stereocenters. The Morgan fingerprint density at radius 3 is 2.95 bits per heavy atom. The molecule has 0 N–H and O–H groups in total. The highest BCUT2D eigenvalue weighted by molar-refractivity contribution is 8.11. The maximum absolute atomic E-state index is 13.9. The van der Waals surface area contributed by atoms with E-state index < -0.39 is 16.6 Å². The summed E-state index contributed by atoms with van der Waals surface area (Å²) in [7, 11) is -1.01. The Kier molecular flexibility index (Phi) is 4.16. The predicted octanol–water partition coefficient (Wildman–Crippen LogP) is 3.16. The van der Waals surface area contributed by atoms with E-state index in [0.717, 1.165) is 11.8 Å². The van der Waals surface area contributed by atoms with Gasteiger partial charge in [-0.25, -0.2) is 14.4 Å². The molecule has 0 fully saturated rings.